The van der Waals surface area contributed by atoms with Crippen LogP contribution >= 0.6 is 0 Å². The van der Waals surface area contributed by atoms with Gasteiger partial charge in [-0.3, -0.25) is 0 Å². The van der Waals surface area contributed by atoms with Crippen molar-refractivity contribution < 1.29 is 18.6 Å². The minimum absolute atomic E-state index is 0.0735. The first-order valence-corrected chi connectivity index (χ1v) is 6.46. The van der Waals surface area contributed by atoms with E-state index in [4.69, 9.17) is 4.74 Å². The Morgan fingerprint density at radius 1 is 1.05 bits per heavy atom. The molecule has 0 spiro atoms. The fourth-order valence-electron chi connectivity index (χ4n) is 2.01. The first kappa shape index (κ1) is 14.5. The van der Waals surface area contributed by atoms with Crippen LogP contribution in [0.4, 0.5) is 8.78 Å². The third-order valence-electron chi connectivity index (χ3n) is 3.02. The highest BCUT2D eigenvalue weighted by molar-refractivity contribution is 5.25. The molecule has 2 rings (SSSR count). The summed E-state index contributed by atoms with van der Waals surface area (Å²) in [6.45, 7) is 1.84. The predicted octanol–water partition coefficient (Wildman–Crippen LogP) is 3.86. The van der Waals surface area contributed by atoms with Crippen molar-refractivity contribution in [2.75, 3.05) is 0 Å². The summed E-state index contributed by atoms with van der Waals surface area (Å²) >= 11 is 0. The molecule has 0 aliphatic rings. The van der Waals surface area contributed by atoms with Crippen molar-refractivity contribution in [2.24, 2.45) is 0 Å². The summed E-state index contributed by atoms with van der Waals surface area (Å²) in [6.07, 6.45) is -0.917. The number of aliphatic hydroxyl groups is 1. The fourth-order valence-corrected chi connectivity index (χ4v) is 2.01. The van der Waals surface area contributed by atoms with Crippen molar-refractivity contribution >= 4 is 0 Å². The molecule has 0 saturated heterocycles. The van der Waals surface area contributed by atoms with Crippen molar-refractivity contribution in [3.05, 3.63) is 65.7 Å². The van der Waals surface area contributed by atoms with Crippen molar-refractivity contribution in [3.8, 4) is 5.75 Å². The maximum absolute atomic E-state index is 13.1. The van der Waals surface area contributed by atoms with Gasteiger partial charge in [-0.05, 0) is 12.0 Å². The van der Waals surface area contributed by atoms with Gasteiger partial charge in [0.2, 0.25) is 0 Å². The smallest absolute Gasteiger partial charge is 0.129 e. The second kappa shape index (κ2) is 6.48. The molecule has 0 heterocycles. The predicted molar refractivity (Wildman–Crippen MR) is 72.5 cm³/mol. The lowest BCUT2D eigenvalue weighted by molar-refractivity contribution is 0.0328. The van der Waals surface area contributed by atoms with Gasteiger partial charge >= 0.3 is 0 Å². The molecule has 2 atom stereocenters. The Kier molecular flexibility index (Phi) is 4.69. The molecule has 2 unspecified atom stereocenters. The number of hydrogen-bond donors (Lipinski definition) is 1. The Morgan fingerprint density at radius 2 is 1.65 bits per heavy atom. The standard InChI is InChI=1S/C16H16F2O2/c1-2-15(16(19)11-6-4-3-5-7-11)20-14-9-12(17)8-13(18)10-14/h3-10,15-16,19H,2H2,1H3. The molecule has 2 aromatic carbocycles. The maximum atomic E-state index is 13.1. The summed E-state index contributed by atoms with van der Waals surface area (Å²) in [5.41, 5.74) is 0.705. The summed E-state index contributed by atoms with van der Waals surface area (Å²) in [4.78, 5) is 0. The number of ether oxygens (including phenoxy) is 1. The molecule has 0 saturated carbocycles. The quantitative estimate of drug-likeness (QED) is 0.900. The number of hydrogen-bond acceptors (Lipinski definition) is 2. The number of rotatable bonds is 5. The van der Waals surface area contributed by atoms with Crippen LogP contribution in [0.5, 0.6) is 5.75 Å². The molecule has 0 radical (unpaired) electrons. The van der Waals surface area contributed by atoms with E-state index in [0.29, 0.717) is 12.0 Å². The molecule has 0 bridgehead atoms. The van der Waals surface area contributed by atoms with Crippen LogP contribution in [-0.2, 0) is 0 Å². The van der Waals surface area contributed by atoms with E-state index in [9.17, 15) is 13.9 Å². The highest BCUT2D eigenvalue weighted by atomic mass is 19.1. The lowest BCUT2D eigenvalue weighted by Gasteiger charge is -2.23. The molecular formula is C16H16F2O2. The fraction of sp³-hybridized carbons (Fsp3) is 0.250. The average Bonchev–Trinajstić information content (AvgIpc) is 2.44. The first-order chi connectivity index (χ1) is 9.60. The number of halogens is 2. The van der Waals surface area contributed by atoms with Crippen LogP contribution < -0.4 is 4.74 Å². The Morgan fingerprint density at radius 3 is 2.20 bits per heavy atom. The van der Waals surface area contributed by atoms with Crippen LogP contribution in [-0.4, -0.2) is 11.2 Å². The summed E-state index contributed by atoms with van der Waals surface area (Å²) in [6, 6.07) is 12.0. The largest absolute Gasteiger partial charge is 0.487 e. The minimum atomic E-state index is -0.854. The molecule has 4 heteroatoms. The van der Waals surface area contributed by atoms with Gasteiger partial charge in [-0.25, -0.2) is 8.78 Å². The van der Waals surface area contributed by atoms with Gasteiger partial charge in [-0.15, -0.1) is 0 Å². The van der Waals surface area contributed by atoms with Crippen LogP contribution in [0.15, 0.2) is 48.5 Å². The first-order valence-electron chi connectivity index (χ1n) is 6.46. The monoisotopic (exact) mass is 278 g/mol. The molecule has 20 heavy (non-hydrogen) atoms. The molecule has 2 nitrogen and oxygen atoms in total. The van der Waals surface area contributed by atoms with E-state index in [-0.39, 0.29) is 5.75 Å². The summed E-state index contributed by atoms with van der Waals surface area (Å²) in [5, 5.41) is 10.3. The van der Waals surface area contributed by atoms with E-state index in [2.05, 4.69) is 0 Å². The van der Waals surface area contributed by atoms with E-state index in [0.717, 1.165) is 18.2 Å². The molecule has 0 aliphatic carbocycles. The molecule has 106 valence electrons. The summed E-state index contributed by atoms with van der Waals surface area (Å²) in [5.74, 6) is -1.34. The van der Waals surface area contributed by atoms with Gasteiger partial charge < -0.3 is 9.84 Å². The van der Waals surface area contributed by atoms with Crippen molar-refractivity contribution in [1.82, 2.24) is 0 Å². The minimum Gasteiger partial charge on any atom is -0.487 e. The highest BCUT2D eigenvalue weighted by Gasteiger charge is 2.21. The molecule has 0 aromatic heterocycles. The summed E-state index contributed by atoms with van der Waals surface area (Å²) in [7, 11) is 0. The lowest BCUT2D eigenvalue weighted by Crippen LogP contribution is -2.24. The van der Waals surface area contributed by atoms with E-state index in [1.54, 1.807) is 12.1 Å². The van der Waals surface area contributed by atoms with Gasteiger partial charge in [0.25, 0.3) is 0 Å². The lowest BCUT2D eigenvalue weighted by atomic mass is 10.0. The van der Waals surface area contributed by atoms with E-state index >= 15 is 0 Å². The van der Waals surface area contributed by atoms with E-state index < -0.39 is 23.8 Å². The van der Waals surface area contributed by atoms with Gasteiger partial charge in [0.1, 0.15) is 29.6 Å². The zero-order valence-corrected chi connectivity index (χ0v) is 11.1. The molecule has 1 N–H and O–H groups in total. The molecular weight excluding hydrogens is 262 g/mol. The van der Waals surface area contributed by atoms with Crippen LogP contribution in [0.1, 0.15) is 25.0 Å². The van der Waals surface area contributed by atoms with Gasteiger partial charge in [0, 0.05) is 18.2 Å². The third-order valence-corrected chi connectivity index (χ3v) is 3.02. The molecule has 0 fully saturated rings. The second-order valence-corrected chi connectivity index (χ2v) is 4.53. The molecule has 2 aromatic rings. The van der Waals surface area contributed by atoms with Crippen molar-refractivity contribution in [1.29, 1.82) is 0 Å². The average molecular weight is 278 g/mol. The van der Waals surface area contributed by atoms with E-state index in [1.165, 1.54) is 0 Å². The van der Waals surface area contributed by atoms with Gasteiger partial charge in [-0.2, -0.15) is 0 Å². The van der Waals surface area contributed by atoms with Crippen molar-refractivity contribution in [3.63, 3.8) is 0 Å². The third kappa shape index (κ3) is 3.54. The summed E-state index contributed by atoms with van der Waals surface area (Å²) < 4.78 is 31.8. The number of benzene rings is 2. The molecule has 0 aliphatic heterocycles. The Hall–Kier alpha value is -1.94. The van der Waals surface area contributed by atoms with Crippen LogP contribution in [0, 0.1) is 11.6 Å². The Balaban J connectivity index is 2.16. The van der Waals surface area contributed by atoms with Crippen LogP contribution in [0.3, 0.4) is 0 Å². The topological polar surface area (TPSA) is 29.5 Å². The van der Waals surface area contributed by atoms with Gasteiger partial charge in [0.15, 0.2) is 0 Å². The van der Waals surface area contributed by atoms with Crippen molar-refractivity contribution in [2.45, 2.75) is 25.6 Å². The van der Waals surface area contributed by atoms with Gasteiger partial charge in [-0.1, -0.05) is 37.3 Å². The number of aliphatic hydroxyl groups excluding tert-OH is 1. The zero-order chi connectivity index (χ0) is 14.5. The zero-order valence-electron chi connectivity index (χ0n) is 11.1. The maximum Gasteiger partial charge on any atom is 0.129 e. The Labute approximate surface area is 116 Å². The Bertz CT molecular complexity index is 537. The van der Waals surface area contributed by atoms with Crippen LogP contribution in [0.2, 0.25) is 0 Å². The van der Waals surface area contributed by atoms with E-state index in [1.807, 2.05) is 25.1 Å². The second-order valence-electron chi connectivity index (χ2n) is 4.53. The normalized spacial score (nSPS) is 13.8. The SMILES string of the molecule is CCC(Oc1cc(F)cc(F)c1)C(O)c1ccccc1. The van der Waals surface area contributed by atoms with Crippen LogP contribution in [0.25, 0.3) is 0 Å². The molecule has 0 amide bonds. The van der Waals surface area contributed by atoms with Gasteiger partial charge in [0.05, 0.1) is 0 Å². The highest BCUT2D eigenvalue weighted by Crippen LogP contribution is 2.25.